The van der Waals surface area contributed by atoms with Gasteiger partial charge in [-0.05, 0) is 81.0 Å². The van der Waals surface area contributed by atoms with Crippen molar-refractivity contribution in [2.24, 2.45) is 29.6 Å². The van der Waals surface area contributed by atoms with E-state index in [1.807, 2.05) is 0 Å². The number of hydrogen-bond acceptors (Lipinski definition) is 1. The average molecular weight is 340 g/mol. The van der Waals surface area contributed by atoms with Crippen LogP contribution in [0.4, 0.5) is 8.78 Å². The first-order chi connectivity index (χ1) is 11.6. The Morgan fingerprint density at radius 3 is 1.62 bits per heavy atom. The van der Waals surface area contributed by atoms with Gasteiger partial charge < -0.3 is 4.74 Å². The lowest BCUT2D eigenvalue weighted by Gasteiger charge is -2.42. The van der Waals surface area contributed by atoms with Crippen molar-refractivity contribution >= 4 is 0 Å². The zero-order valence-electron chi connectivity index (χ0n) is 15.1. The SMILES string of the molecule is C=COC1C(F)CC(C2CCC(C3CCC(C)CC3)CC2)CC1F. The number of alkyl halides is 2. The van der Waals surface area contributed by atoms with Crippen LogP contribution in [-0.4, -0.2) is 18.4 Å². The second kappa shape index (κ2) is 8.19. The van der Waals surface area contributed by atoms with E-state index in [0.717, 1.165) is 17.8 Å². The van der Waals surface area contributed by atoms with Gasteiger partial charge in [0.25, 0.3) is 0 Å². The molecule has 0 saturated heterocycles. The van der Waals surface area contributed by atoms with E-state index in [1.54, 1.807) is 0 Å². The third-order valence-electron chi connectivity index (χ3n) is 7.23. The van der Waals surface area contributed by atoms with Gasteiger partial charge in [-0.2, -0.15) is 0 Å². The lowest BCUT2D eigenvalue weighted by atomic mass is 9.65. The molecule has 0 aromatic rings. The molecular weight excluding hydrogens is 306 g/mol. The van der Waals surface area contributed by atoms with E-state index in [4.69, 9.17) is 4.74 Å². The smallest absolute Gasteiger partial charge is 0.160 e. The molecule has 138 valence electrons. The standard InChI is InChI=1S/C21H34F2O/c1-3-24-21-19(22)12-18(13-20(21)23)17-10-8-16(9-11-17)15-6-4-14(2)5-7-15/h3,14-21H,1,4-13H2,2H3. The number of hydrogen-bond donors (Lipinski definition) is 0. The van der Waals surface area contributed by atoms with Gasteiger partial charge >= 0.3 is 0 Å². The zero-order chi connectivity index (χ0) is 17.1. The highest BCUT2D eigenvalue weighted by atomic mass is 19.1. The van der Waals surface area contributed by atoms with E-state index in [0.29, 0.717) is 18.8 Å². The first-order valence-electron chi connectivity index (χ1n) is 10.1. The number of ether oxygens (including phenoxy) is 1. The average Bonchev–Trinajstić information content (AvgIpc) is 2.59. The van der Waals surface area contributed by atoms with Crippen LogP contribution >= 0.6 is 0 Å². The molecule has 2 unspecified atom stereocenters. The lowest BCUT2D eigenvalue weighted by molar-refractivity contribution is -0.0569. The maximum Gasteiger partial charge on any atom is 0.160 e. The largest absolute Gasteiger partial charge is 0.493 e. The minimum Gasteiger partial charge on any atom is -0.493 e. The highest BCUT2D eigenvalue weighted by Crippen LogP contribution is 2.46. The maximum absolute atomic E-state index is 14.3. The molecule has 2 atom stereocenters. The van der Waals surface area contributed by atoms with Crippen molar-refractivity contribution in [2.45, 2.75) is 89.6 Å². The molecule has 3 saturated carbocycles. The molecule has 1 nitrogen and oxygen atoms in total. The molecule has 3 heteroatoms. The van der Waals surface area contributed by atoms with Gasteiger partial charge in [0.05, 0.1) is 6.26 Å². The number of rotatable bonds is 4. The van der Waals surface area contributed by atoms with Crippen LogP contribution < -0.4 is 0 Å². The van der Waals surface area contributed by atoms with Crippen LogP contribution in [0.25, 0.3) is 0 Å². The Morgan fingerprint density at radius 2 is 1.17 bits per heavy atom. The first-order valence-corrected chi connectivity index (χ1v) is 10.1. The van der Waals surface area contributed by atoms with Crippen LogP contribution in [0.5, 0.6) is 0 Å². The van der Waals surface area contributed by atoms with Crippen molar-refractivity contribution in [3.8, 4) is 0 Å². The van der Waals surface area contributed by atoms with E-state index >= 15 is 0 Å². The minimum absolute atomic E-state index is 0.201. The summed E-state index contributed by atoms with van der Waals surface area (Å²) >= 11 is 0. The van der Waals surface area contributed by atoms with E-state index < -0.39 is 18.4 Å². The van der Waals surface area contributed by atoms with Gasteiger partial charge in [0, 0.05) is 0 Å². The molecule has 0 radical (unpaired) electrons. The molecule has 0 heterocycles. The van der Waals surface area contributed by atoms with Crippen molar-refractivity contribution in [1.29, 1.82) is 0 Å². The number of halogens is 2. The molecule has 0 aliphatic heterocycles. The molecule has 24 heavy (non-hydrogen) atoms. The molecule has 0 amide bonds. The molecule has 0 bridgehead atoms. The summed E-state index contributed by atoms with van der Waals surface area (Å²) in [5.74, 6) is 3.42. The highest BCUT2D eigenvalue weighted by molar-refractivity contribution is 4.93. The first kappa shape index (κ1) is 18.2. The predicted molar refractivity (Wildman–Crippen MR) is 94.2 cm³/mol. The minimum atomic E-state index is -1.19. The van der Waals surface area contributed by atoms with Gasteiger partial charge in [0.1, 0.15) is 12.3 Å². The Balaban J connectivity index is 1.47. The van der Waals surface area contributed by atoms with Gasteiger partial charge in [-0.1, -0.05) is 26.3 Å². The molecule has 0 aromatic heterocycles. The summed E-state index contributed by atoms with van der Waals surface area (Å²) in [4.78, 5) is 0. The second-order valence-corrected chi connectivity index (χ2v) is 8.73. The van der Waals surface area contributed by atoms with Crippen molar-refractivity contribution in [3.05, 3.63) is 12.8 Å². The molecule has 3 aliphatic rings. The maximum atomic E-state index is 14.3. The van der Waals surface area contributed by atoms with E-state index in [9.17, 15) is 8.78 Å². The molecular formula is C21H34F2O. The summed E-state index contributed by atoms with van der Waals surface area (Å²) in [7, 11) is 0. The van der Waals surface area contributed by atoms with Gasteiger partial charge in [-0.15, -0.1) is 0 Å². The summed E-state index contributed by atoms with van der Waals surface area (Å²) in [5.41, 5.74) is 0. The summed E-state index contributed by atoms with van der Waals surface area (Å²) in [6.45, 7) is 5.81. The third-order valence-corrected chi connectivity index (χ3v) is 7.23. The van der Waals surface area contributed by atoms with Crippen LogP contribution in [0, 0.1) is 29.6 Å². The monoisotopic (exact) mass is 340 g/mol. The van der Waals surface area contributed by atoms with Crippen molar-refractivity contribution in [3.63, 3.8) is 0 Å². The Morgan fingerprint density at radius 1 is 0.750 bits per heavy atom. The Labute approximate surface area is 146 Å². The molecule has 3 rings (SSSR count). The summed E-state index contributed by atoms with van der Waals surface area (Å²) in [5, 5.41) is 0. The molecule has 0 aromatic carbocycles. The Kier molecular flexibility index (Phi) is 6.21. The van der Waals surface area contributed by atoms with E-state index in [-0.39, 0.29) is 5.92 Å². The lowest BCUT2D eigenvalue weighted by Crippen LogP contribution is -2.43. The predicted octanol–water partition coefficient (Wildman–Crippen LogP) is 6.23. The van der Waals surface area contributed by atoms with Crippen LogP contribution in [-0.2, 0) is 4.74 Å². The fraction of sp³-hybridized carbons (Fsp3) is 0.905. The van der Waals surface area contributed by atoms with Gasteiger partial charge in [0.15, 0.2) is 6.10 Å². The quantitative estimate of drug-likeness (QED) is 0.551. The second-order valence-electron chi connectivity index (χ2n) is 8.73. The normalized spacial score (nSPS) is 47.1. The zero-order valence-corrected chi connectivity index (χ0v) is 15.1. The molecule has 3 aliphatic carbocycles. The highest BCUT2D eigenvalue weighted by Gasteiger charge is 2.43. The topological polar surface area (TPSA) is 9.23 Å². The van der Waals surface area contributed by atoms with Crippen molar-refractivity contribution in [1.82, 2.24) is 0 Å². The summed E-state index contributed by atoms with van der Waals surface area (Å²) in [6.07, 6.45) is 9.31. The van der Waals surface area contributed by atoms with Crippen LogP contribution in [0.2, 0.25) is 0 Å². The fourth-order valence-corrected chi connectivity index (χ4v) is 5.68. The van der Waals surface area contributed by atoms with Crippen LogP contribution in [0.15, 0.2) is 12.8 Å². The van der Waals surface area contributed by atoms with Gasteiger partial charge in [-0.25, -0.2) is 8.78 Å². The van der Waals surface area contributed by atoms with Crippen LogP contribution in [0.1, 0.15) is 71.1 Å². The Hall–Kier alpha value is -0.600. The molecule has 3 fully saturated rings. The summed E-state index contributed by atoms with van der Waals surface area (Å²) in [6, 6.07) is 0. The Bertz CT molecular complexity index is 385. The van der Waals surface area contributed by atoms with Crippen molar-refractivity contribution < 1.29 is 13.5 Å². The van der Waals surface area contributed by atoms with E-state index in [1.165, 1.54) is 57.6 Å². The molecule has 0 N–H and O–H groups in total. The van der Waals surface area contributed by atoms with Gasteiger partial charge in [-0.3, -0.25) is 0 Å². The van der Waals surface area contributed by atoms with E-state index in [2.05, 4.69) is 13.5 Å². The third kappa shape index (κ3) is 4.14. The van der Waals surface area contributed by atoms with Gasteiger partial charge in [0.2, 0.25) is 0 Å². The van der Waals surface area contributed by atoms with Crippen molar-refractivity contribution in [2.75, 3.05) is 0 Å². The fourth-order valence-electron chi connectivity index (χ4n) is 5.68. The summed E-state index contributed by atoms with van der Waals surface area (Å²) < 4.78 is 33.6. The molecule has 0 spiro atoms. The van der Waals surface area contributed by atoms with Crippen LogP contribution in [0.3, 0.4) is 0 Å².